The highest BCUT2D eigenvalue weighted by Gasteiger charge is 2.18. The molecule has 0 N–H and O–H groups in total. The average molecular weight is 310 g/mol. The number of hydrogen-bond donors (Lipinski definition) is 0. The lowest BCUT2D eigenvalue weighted by atomic mass is 10.1. The second-order valence-electron chi connectivity index (χ2n) is 5.33. The highest BCUT2D eigenvalue weighted by Crippen LogP contribution is 2.14. The minimum atomic E-state index is -0.216. The van der Waals surface area contributed by atoms with Crippen molar-refractivity contribution in [2.45, 2.75) is 20.8 Å². The molecule has 0 saturated carbocycles. The lowest BCUT2D eigenvalue weighted by Crippen LogP contribution is -2.35. The Kier molecular flexibility index (Phi) is 5.52. The van der Waals surface area contributed by atoms with Crippen molar-refractivity contribution >= 4 is 17.7 Å². The average Bonchev–Trinajstić information content (AvgIpc) is 2.56. The molecule has 0 aliphatic rings. The molecule has 1 amide bonds. The summed E-state index contributed by atoms with van der Waals surface area (Å²) < 4.78 is 1.40. The van der Waals surface area contributed by atoms with Crippen LogP contribution >= 0.6 is 0 Å². The van der Waals surface area contributed by atoms with Crippen molar-refractivity contribution < 1.29 is 4.79 Å². The third-order valence-electron chi connectivity index (χ3n) is 3.73. The van der Waals surface area contributed by atoms with Crippen molar-refractivity contribution in [3.05, 3.63) is 70.1 Å². The van der Waals surface area contributed by atoms with Crippen LogP contribution in [0, 0.1) is 6.92 Å². The van der Waals surface area contributed by atoms with E-state index in [1.54, 1.807) is 29.3 Å². The van der Waals surface area contributed by atoms with Gasteiger partial charge in [0.25, 0.3) is 11.5 Å². The molecule has 0 spiro atoms. The number of amides is 1. The van der Waals surface area contributed by atoms with E-state index in [0.717, 1.165) is 11.1 Å². The Morgan fingerprint density at radius 3 is 2.30 bits per heavy atom. The minimum Gasteiger partial charge on any atom is -0.338 e. The van der Waals surface area contributed by atoms with Crippen LogP contribution in [0.15, 0.2) is 53.5 Å². The Morgan fingerprint density at radius 2 is 1.74 bits per heavy atom. The number of pyridine rings is 1. The Morgan fingerprint density at radius 1 is 1.09 bits per heavy atom. The van der Waals surface area contributed by atoms with Crippen LogP contribution in [0.4, 0.5) is 0 Å². The van der Waals surface area contributed by atoms with Crippen molar-refractivity contribution in [3.8, 4) is 0 Å². The second-order valence-corrected chi connectivity index (χ2v) is 5.33. The van der Waals surface area contributed by atoms with Crippen LogP contribution in [0.2, 0.25) is 0 Å². The van der Waals surface area contributed by atoms with Crippen LogP contribution in [0.3, 0.4) is 0 Å². The first-order valence-corrected chi connectivity index (χ1v) is 7.82. The van der Waals surface area contributed by atoms with Gasteiger partial charge in [0, 0.05) is 25.4 Å². The molecule has 1 heterocycles. The number of nitrogens with zero attached hydrogens (tertiary/aromatic N) is 2. The maximum absolute atomic E-state index is 12.8. The van der Waals surface area contributed by atoms with E-state index in [1.807, 2.05) is 45.0 Å². The Hall–Kier alpha value is -2.62. The second kappa shape index (κ2) is 7.58. The molecular weight excluding hydrogens is 288 g/mol. The summed E-state index contributed by atoms with van der Waals surface area (Å²) in [4.78, 5) is 26.7. The zero-order chi connectivity index (χ0) is 16.8. The number of benzene rings is 1. The monoisotopic (exact) mass is 310 g/mol. The van der Waals surface area contributed by atoms with E-state index in [2.05, 4.69) is 0 Å². The predicted molar refractivity (Wildman–Crippen MR) is 94.0 cm³/mol. The van der Waals surface area contributed by atoms with E-state index in [0.29, 0.717) is 18.8 Å². The van der Waals surface area contributed by atoms with Gasteiger partial charge in [0.05, 0.1) is 0 Å². The summed E-state index contributed by atoms with van der Waals surface area (Å²) in [5, 5.41) is 0. The maximum Gasteiger partial charge on any atom is 0.270 e. The SMILES string of the molecule is CCN(CC)C(=O)/C(=C\c1ccc(C)cc1)n1ccccc1=O. The van der Waals surface area contributed by atoms with Gasteiger partial charge in [-0.15, -0.1) is 0 Å². The molecule has 0 bridgehead atoms. The number of aromatic nitrogens is 1. The fraction of sp³-hybridized carbons (Fsp3) is 0.263. The lowest BCUT2D eigenvalue weighted by molar-refractivity contribution is -0.125. The topological polar surface area (TPSA) is 42.3 Å². The van der Waals surface area contributed by atoms with Crippen LogP contribution in [0.5, 0.6) is 0 Å². The van der Waals surface area contributed by atoms with E-state index in [-0.39, 0.29) is 11.5 Å². The van der Waals surface area contributed by atoms with Crippen molar-refractivity contribution in [3.63, 3.8) is 0 Å². The summed E-state index contributed by atoms with van der Waals surface area (Å²) in [6.07, 6.45) is 3.39. The smallest absolute Gasteiger partial charge is 0.270 e. The summed E-state index contributed by atoms with van der Waals surface area (Å²) in [6.45, 7) is 7.07. The summed E-state index contributed by atoms with van der Waals surface area (Å²) in [5.41, 5.74) is 2.19. The molecule has 0 unspecified atom stereocenters. The minimum absolute atomic E-state index is 0.149. The van der Waals surface area contributed by atoms with Crippen LogP contribution in [0.1, 0.15) is 25.0 Å². The number of carbonyl (C=O) groups is 1. The Labute approximate surface area is 136 Å². The largest absolute Gasteiger partial charge is 0.338 e. The van der Waals surface area contributed by atoms with E-state index >= 15 is 0 Å². The summed E-state index contributed by atoms with van der Waals surface area (Å²) in [7, 11) is 0. The standard InChI is InChI=1S/C19H22N2O2/c1-4-20(5-2)19(23)17(21-13-7-6-8-18(21)22)14-16-11-9-15(3)10-12-16/h6-14H,4-5H2,1-3H3/b17-14+. The molecule has 0 saturated heterocycles. The molecule has 2 aromatic rings. The molecule has 23 heavy (non-hydrogen) atoms. The number of hydrogen-bond acceptors (Lipinski definition) is 2. The molecule has 0 aliphatic heterocycles. The molecule has 0 fully saturated rings. The fourth-order valence-corrected chi connectivity index (χ4v) is 2.35. The molecule has 120 valence electrons. The van der Waals surface area contributed by atoms with Gasteiger partial charge in [-0.1, -0.05) is 35.9 Å². The maximum atomic E-state index is 12.8. The van der Waals surface area contributed by atoms with Crippen molar-refractivity contribution in [1.29, 1.82) is 0 Å². The van der Waals surface area contributed by atoms with Gasteiger partial charge in [-0.25, -0.2) is 0 Å². The molecule has 2 rings (SSSR count). The van der Waals surface area contributed by atoms with Gasteiger partial charge in [0.1, 0.15) is 5.70 Å². The zero-order valence-electron chi connectivity index (χ0n) is 13.8. The van der Waals surface area contributed by atoms with E-state index in [1.165, 1.54) is 10.6 Å². The first-order valence-electron chi connectivity index (χ1n) is 7.82. The first-order chi connectivity index (χ1) is 11.1. The molecule has 4 heteroatoms. The van der Waals surface area contributed by atoms with Gasteiger partial charge in [0.2, 0.25) is 0 Å². The van der Waals surface area contributed by atoms with Crippen LogP contribution in [0.25, 0.3) is 11.8 Å². The summed E-state index contributed by atoms with van der Waals surface area (Å²) in [5.74, 6) is -0.149. The molecule has 0 atom stereocenters. The van der Waals surface area contributed by atoms with Gasteiger partial charge in [-0.3, -0.25) is 14.2 Å². The summed E-state index contributed by atoms with van der Waals surface area (Å²) in [6, 6.07) is 12.7. The fourth-order valence-electron chi connectivity index (χ4n) is 2.35. The first kappa shape index (κ1) is 16.7. The molecule has 1 aromatic heterocycles. The molecular formula is C19H22N2O2. The van der Waals surface area contributed by atoms with Crippen LogP contribution in [-0.4, -0.2) is 28.5 Å². The zero-order valence-corrected chi connectivity index (χ0v) is 13.8. The van der Waals surface area contributed by atoms with Gasteiger partial charge < -0.3 is 4.90 Å². The lowest BCUT2D eigenvalue weighted by Gasteiger charge is -2.21. The van der Waals surface area contributed by atoms with Crippen molar-refractivity contribution in [1.82, 2.24) is 9.47 Å². The Bertz CT molecular complexity index is 753. The number of carbonyl (C=O) groups excluding carboxylic acids is 1. The number of aryl methyl sites for hydroxylation is 1. The van der Waals surface area contributed by atoms with Crippen molar-refractivity contribution in [2.75, 3.05) is 13.1 Å². The van der Waals surface area contributed by atoms with E-state index in [4.69, 9.17) is 0 Å². The van der Waals surface area contributed by atoms with Crippen molar-refractivity contribution in [2.24, 2.45) is 0 Å². The molecule has 4 nitrogen and oxygen atoms in total. The Balaban J connectivity index is 2.56. The predicted octanol–water partition coefficient (Wildman–Crippen LogP) is 3.02. The van der Waals surface area contributed by atoms with E-state index in [9.17, 15) is 9.59 Å². The number of likely N-dealkylation sites (N-methyl/N-ethyl adjacent to an activating group) is 1. The normalized spacial score (nSPS) is 11.3. The summed E-state index contributed by atoms with van der Waals surface area (Å²) >= 11 is 0. The molecule has 0 aliphatic carbocycles. The molecule has 1 aromatic carbocycles. The number of rotatable bonds is 5. The van der Waals surface area contributed by atoms with E-state index < -0.39 is 0 Å². The third kappa shape index (κ3) is 3.97. The molecule has 0 radical (unpaired) electrons. The highest BCUT2D eigenvalue weighted by atomic mass is 16.2. The third-order valence-corrected chi connectivity index (χ3v) is 3.73. The van der Waals surface area contributed by atoms with Gasteiger partial charge in [0.15, 0.2) is 0 Å². The van der Waals surface area contributed by atoms with Gasteiger partial charge >= 0.3 is 0 Å². The highest BCUT2D eigenvalue weighted by molar-refractivity contribution is 6.18. The van der Waals surface area contributed by atoms with Crippen LogP contribution < -0.4 is 5.56 Å². The quantitative estimate of drug-likeness (QED) is 0.797. The van der Waals surface area contributed by atoms with Gasteiger partial charge in [-0.05, 0) is 38.5 Å². The van der Waals surface area contributed by atoms with Gasteiger partial charge in [-0.2, -0.15) is 0 Å². The van der Waals surface area contributed by atoms with Crippen LogP contribution in [-0.2, 0) is 4.79 Å².